The van der Waals surface area contributed by atoms with Gasteiger partial charge in [-0.15, -0.1) is 12.4 Å². The van der Waals surface area contributed by atoms with Gasteiger partial charge in [-0.05, 0) is 45.7 Å². The first-order chi connectivity index (χ1) is 16.6. The summed E-state index contributed by atoms with van der Waals surface area (Å²) < 4.78 is 6.09. The minimum absolute atomic E-state index is 0. The third kappa shape index (κ3) is 7.07. The predicted octanol–water partition coefficient (Wildman–Crippen LogP) is 4.32. The Morgan fingerprint density at radius 3 is 2.54 bits per heavy atom. The molecule has 2 aliphatic rings. The minimum atomic E-state index is 0. The van der Waals surface area contributed by atoms with Gasteiger partial charge in [0.15, 0.2) is 10.9 Å². The summed E-state index contributed by atoms with van der Waals surface area (Å²) in [6, 6.07) is 2.43. The molecule has 1 saturated carbocycles. The number of hydrogen-bond donors (Lipinski definition) is 1. The van der Waals surface area contributed by atoms with E-state index in [1.54, 1.807) is 6.20 Å². The Morgan fingerprint density at radius 1 is 1.00 bits per heavy atom. The Bertz CT molecular complexity index is 1080. The molecule has 1 N–H and O–H groups in total. The molecular weight excluding hydrogens is 484 g/mol. The number of aromatic nitrogens is 5. The van der Waals surface area contributed by atoms with Gasteiger partial charge in [-0.3, -0.25) is 9.88 Å². The fraction of sp³-hybridized carbons (Fsp3) is 0.542. The molecule has 0 aromatic carbocycles. The van der Waals surface area contributed by atoms with Crippen molar-refractivity contribution in [3.05, 3.63) is 36.0 Å². The summed E-state index contributed by atoms with van der Waals surface area (Å²) in [6.07, 6.45) is 11.6. The van der Waals surface area contributed by atoms with Crippen molar-refractivity contribution in [2.75, 3.05) is 38.5 Å². The van der Waals surface area contributed by atoms with E-state index in [-0.39, 0.29) is 18.5 Å². The summed E-state index contributed by atoms with van der Waals surface area (Å²) in [5.41, 5.74) is 2.70. The maximum absolute atomic E-state index is 6.09. The summed E-state index contributed by atoms with van der Waals surface area (Å²) >= 11 is 1.53. The van der Waals surface area contributed by atoms with Gasteiger partial charge in [-0.25, -0.2) is 15.0 Å². The van der Waals surface area contributed by atoms with Crippen molar-refractivity contribution in [3.8, 4) is 16.6 Å². The van der Waals surface area contributed by atoms with E-state index in [4.69, 9.17) is 4.74 Å². The smallest absolute Gasteiger partial charge is 0.317 e. The van der Waals surface area contributed by atoms with Crippen molar-refractivity contribution in [1.82, 2.24) is 34.7 Å². The van der Waals surface area contributed by atoms with E-state index in [0.717, 1.165) is 72.7 Å². The first-order valence-electron chi connectivity index (χ1n) is 12.1. The quantitative estimate of drug-likeness (QED) is 0.492. The number of piperazine rings is 1. The van der Waals surface area contributed by atoms with Crippen molar-refractivity contribution < 1.29 is 4.74 Å². The number of nitrogens with zero attached hydrogens (tertiary/aromatic N) is 7. The zero-order valence-corrected chi connectivity index (χ0v) is 21.9. The Kier molecular flexibility index (Phi) is 8.83. The van der Waals surface area contributed by atoms with Gasteiger partial charge in [0.1, 0.15) is 6.10 Å². The highest BCUT2D eigenvalue weighted by Gasteiger charge is 2.18. The molecule has 3 aromatic heterocycles. The highest BCUT2D eigenvalue weighted by atomic mass is 35.5. The van der Waals surface area contributed by atoms with E-state index in [9.17, 15) is 0 Å². The first-order valence-corrected chi connectivity index (χ1v) is 12.9. The molecule has 2 fully saturated rings. The molecule has 9 nitrogen and oxygen atoms in total. The molecule has 3 aromatic rings. The molecule has 1 saturated heterocycles. The third-order valence-corrected chi connectivity index (χ3v) is 7.27. The molecule has 0 spiro atoms. The van der Waals surface area contributed by atoms with Gasteiger partial charge in [0, 0.05) is 44.6 Å². The van der Waals surface area contributed by atoms with Crippen LogP contribution in [0.2, 0.25) is 0 Å². The van der Waals surface area contributed by atoms with Crippen LogP contribution in [0.5, 0.6) is 6.01 Å². The van der Waals surface area contributed by atoms with Crippen LogP contribution in [0.25, 0.3) is 10.6 Å². The highest BCUT2D eigenvalue weighted by molar-refractivity contribution is 7.18. The van der Waals surface area contributed by atoms with Gasteiger partial charge >= 0.3 is 6.01 Å². The number of rotatable bonds is 7. The van der Waals surface area contributed by atoms with Crippen LogP contribution in [0.4, 0.5) is 10.9 Å². The van der Waals surface area contributed by atoms with Crippen LogP contribution in [0.15, 0.2) is 24.7 Å². The number of anilines is 2. The largest absolute Gasteiger partial charge is 0.460 e. The lowest BCUT2D eigenvalue weighted by Gasteiger charge is -2.31. The zero-order valence-electron chi connectivity index (χ0n) is 20.3. The van der Waals surface area contributed by atoms with Crippen LogP contribution in [0.3, 0.4) is 0 Å². The molecule has 188 valence electrons. The van der Waals surface area contributed by atoms with E-state index in [2.05, 4.69) is 47.1 Å². The predicted molar refractivity (Wildman–Crippen MR) is 141 cm³/mol. The summed E-state index contributed by atoms with van der Waals surface area (Å²) in [5, 5.41) is 4.02. The lowest BCUT2D eigenvalue weighted by atomic mass is 9.98. The van der Waals surface area contributed by atoms with Crippen LogP contribution in [0, 0.1) is 6.92 Å². The number of thiazole rings is 1. The standard InChI is InChI=1S/C24H32N8OS.ClH/c1-17-12-20(29-23(28-17)33-19-6-4-3-5-7-19)21-14-27-24(34-21)30-22-15-25-18(13-26-22)16-32-10-8-31(2)9-11-32;/h12-15,19H,3-11,16H2,1-2H3,(H,26,27,30);1H. The Labute approximate surface area is 216 Å². The van der Waals surface area contributed by atoms with E-state index in [0.29, 0.717) is 11.8 Å². The van der Waals surface area contributed by atoms with E-state index >= 15 is 0 Å². The number of halogens is 1. The molecule has 0 radical (unpaired) electrons. The molecule has 0 amide bonds. The monoisotopic (exact) mass is 516 g/mol. The van der Waals surface area contributed by atoms with Gasteiger partial charge in [0.25, 0.3) is 0 Å². The average Bonchev–Trinajstić information content (AvgIpc) is 3.31. The van der Waals surface area contributed by atoms with Crippen molar-refractivity contribution in [3.63, 3.8) is 0 Å². The maximum Gasteiger partial charge on any atom is 0.317 e. The second-order valence-electron chi connectivity index (χ2n) is 9.18. The fourth-order valence-electron chi connectivity index (χ4n) is 4.35. The number of likely N-dealkylation sites (N-methyl/N-ethyl adjacent to an activating group) is 1. The van der Waals surface area contributed by atoms with Crippen LogP contribution in [0.1, 0.15) is 43.5 Å². The van der Waals surface area contributed by atoms with Crippen LogP contribution >= 0.6 is 23.7 Å². The number of ether oxygens (including phenoxy) is 1. The number of aryl methyl sites for hydroxylation is 1. The van der Waals surface area contributed by atoms with Crippen molar-refractivity contribution in [2.24, 2.45) is 0 Å². The Morgan fingerprint density at radius 2 is 1.80 bits per heavy atom. The Balaban J connectivity index is 0.00000289. The molecule has 5 rings (SSSR count). The van der Waals surface area contributed by atoms with Gasteiger partial charge < -0.3 is 15.0 Å². The zero-order chi connectivity index (χ0) is 23.3. The van der Waals surface area contributed by atoms with Crippen molar-refractivity contribution in [1.29, 1.82) is 0 Å². The summed E-state index contributed by atoms with van der Waals surface area (Å²) in [5.74, 6) is 0.684. The molecule has 0 atom stereocenters. The Hall–Kier alpha value is -2.40. The molecule has 1 aliphatic heterocycles. The lowest BCUT2D eigenvalue weighted by molar-refractivity contribution is 0.142. The van der Waals surface area contributed by atoms with Gasteiger partial charge in [0.05, 0.1) is 28.7 Å². The molecule has 35 heavy (non-hydrogen) atoms. The topological polar surface area (TPSA) is 92.2 Å². The van der Waals surface area contributed by atoms with Crippen LogP contribution < -0.4 is 10.1 Å². The summed E-state index contributed by atoms with van der Waals surface area (Å²) in [6.45, 7) is 7.13. The molecule has 4 heterocycles. The normalized spacial score (nSPS) is 17.7. The molecule has 1 aliphatic carbocycles. The minimum Gasteiger partial charge on any atom is -0.460 e. The third-order valence-electron chi connectivity index (χ3n) is 6.34. The second-order valence-corrected chi connectivity index (χ2v) is 10.2. The summed E-state index contributed by atoms with van der Waals surface area (Å²) in [7, 11) is 2.16. The summed E-state index contributed by atoms with van der Waals surface area (Å²) in [4.78, 5) is 28.5. The number of nitrogens with one attached hydrogen (secondary N) is 1. The lowest BCUT2D eigenvalue weighted by Crippen LogP contribution is -2.44. The molecular formula is C24H33ClN8OS. The first kappa shape index (κ1) is 25.7. The molecule has 11 heteroatoms. The van der Waals surface area contributed by atoms with Gasteiger partial charge in [0.2, 0.25) is 0 Å². The van der Waals surface area contributed by atoms with Crippen LogP contribution in [-0.4, -0.2) is 74.1 Å². The molecule has 0 bridgehead atoms. The number of hydrogen-bond acceptors (Lipinski definition) is 10. The molecule has 0 unspecified atom stereocenters. The highest BCUT2D eigenvalue weighted by Crippen LogP contribution is 2.31. The average molecular weight is 517 g/mol. The van der Waals surface area contributed by atoms with Crippen LogP contribution in [-0.2, 0) is 6.54 Å². The van der Waals surface area contributed by atoms with E-state index in [1.807, 2.05) is 25.4 Å². The maximum atomic E-state index is 6.09. The fourth-order valence-corrected chi connectivity index (χ4v) is 5.13. The van der Waals surface area contributed by atoms with Gasteiger partial charge in [-0.2, -0.15) is 4.98 Å². The van der Waals surface area contributed by atoms with E-state index in [1.165, 1.54) is 30.6 Å². The SMILES string of the molecule is Cc1cc(-c2cnc(Nc3cnc(CN4CCN(C)CC4)cn3)s2)nc(OC2CCCCC2)n1.Cl. The van der Waals surface area contributed by atoms with Crippen molar-refractivity contribution >= 4 is 34.7 Å². The van der Waals surface area contributed by atoms with Gasteiger partial charge in [-0.1, -0.05) is 17.8 Å². The van der Waals surface area contributed by atoms with E-state index < -0.39 is 0 Å². The second kappa shape index (κ2) is 12.0. The van der Waals surface area contributed by atoms with Crippen molar-refractivity contribution in [2.45, 2.75) is 51.7 Å².